The maximum atomic E-state index is 11.7. The van der Waals surface area contributed by atoms with E-state index < -0.39 is 0 Å². The lowest BCUT2D eigenvalue weighted by Gasteiger charge is -2.34. The zero-order chi connectivity index (χ0) is 22.2. The van der Waals surface area contributed by atoms with Crippen molar-refractivity contribution in [3.8, 4) is 0 Å². The van der Waals surface area contributed by atoms with Crippen molar-refractivity contribution in [2.24, 2.45) is 0 Å². The molecule has 32 heavy (non-hydrogen) atoms. The van der Waals surface area contributed by atoms with Crippen LogP contribution in [0, 0.1) is 0 Å². The molecule has 0 radical (unpaired) electrons. The van der Waals surface area contributed by atoms with Crippen LogP contribution >= 0.6 is 11.8 Å². The molecule has 4 rings (SSSR count). The van der Waals surface area contributed by atoms with Crippen LogP contribution in [0.25, 0.3) is 0 Å². The number of thioether (sulfide) groups is 1. The summed E-state index contributed by atoms with van der Waals surface area (Å²) in [4.78, 5) is 17.7. The van der Waals surface area contributed by atoms with Crippen molar-refractivity contribution in [3.05, 3.63) is 23.5 Å². The Morgan fingerprint density at radius 2 is 1.34 bits per heavy atom. The summed E-state index contributed by atoms with van der Waals surface area (Å²) in [6.07, 6.45) is 10.1. The molecule has 8 heteroatoms. The molecule has 0 spiro atoms. The van der Waals surface area contributed by atoms with Gasteiger partial charge in [0.2, 0.25) is 0 Å². The molecule has 2 heterocycles. The van der Waals surface area contributed by atoms with Gasteiger partial charge in [-0.05, 0) is 37.8 Å². The van der Waals surface area contributed by atoms with Crippen molar-refractivity contribution in [1.29, 1.82) is 0 Å². The molecular weight excluding hydrogens is 422 g/mol. The minimum atomic E-state index is -0.197. The van der Waals surface area contributed by atoms with Gasteiger partial charge in [0.05, 0.1) is 24.3 Å². The fourth-order valence-electron chi connectivity index (χ4n) is 5.31. The van der Waals surface area contributed by atoms with E-state index in [4.69, 9.17) is 9.72 Å². The minimum absolute atomic E-state index is 0.197. The lowest BCUT2D eigenvalue weighted by Crippen LogP contribution is -2.53. The van der Waals surface area contributed by atoms with E-state index in [1.165, 1.54) is 70.2 Å². The van der Waals surface area contributed by atoms with E-state index in [-0.39, 0.29) is 5.97 Å². The maximum Gasteiger partial charge on any atom is 0.315 e. The first kappa shape index (κ1) is 24.0. The van der Waals surface area contributed by atoms with Crippen LogP contribution < -0.4 is 21.3 Å². The topological polar surface area (TPSA) is 87.3 Å². The molecule has 2 bridgehead atoms. The van der Waals surface area contributed by atoms with Crippen LogP contribution in [0.1, 0.15) is 62.8 Å². The monoisotopic (exact) mass is 461 g/mol. The summed E-state index contributed by atoms with van der Waals surface area (Å²) in [7, 11) is 1.44. The fraction of sp³-hybridized carbons (Fsp3) is 0.750. The van der Waals surface area contributed by atoms with Gasteiger partial charge < -0.3 is 26.0 Å². The Balaban J connectivity index is 1.52. The van der Waals surface area contributed by atoms with E-state index in [1.807, 2.05) is 0 Å². The summed E-state index contributed by atoms with van der Waals surface area (Å²) in [5, 5.41) is 15.2. The molecule has 1 aromatic rings. The van der Waals surface area contributed by atoms with Gasteiger partial charge >= 0.3 is 5.97 Å². The van der Waals surface area contributed by atoms with Gasteiger partial charge in [-0.1, -0.05) is 25.7 Å². The fourth-order valence-corrected chi connectivity index (χ4v) is 6.15. The average Bonchev–Trinajstić information content (AvgIpc) is 2.83. The highest BCUT2D eigenvalue weighted by Gasteiger charge is 2.27. The lowest BCUT2D eigenvalue weighted by molar-refractivity contribution is -0.137. The Labute approximate surface area is 196 Å². The summed E-state index contributed by atoms with van der Waals surface area (Å²) in [5.74, 6) is 0.125. The molecule has 4 atom stereocenters. The molecule has 3 aliphatic rings. The zero-order valence-electron chi connectivity index (χ0n) is 19.3. The largest absolute Gasteiger partial charge is 0.468 e. The zero-order valence-corrected chi connectivity index (χ0v) is 20.1. The number of methoxy groups -OCH3 is 1. The average molecular weight is 462 g/mol. The number of nitrogens with zero attached hydrogens (tertiary/aromatic N) is 1. The van der Waals surface area contributed by atoms with Gasteiger partial charge in [-0.3, -0.25) is 9.78 Å². The highest BCUT2D eigenvalue weighted by Crippen LogP contribution is 2.23. The van der Waals surface area contributed by atoms with Crippen LogP contribution in [-0.2, 0) is 22.6 Å². The summed E-state index contributed by atoms with van der Waals surface area (Å²) in [6.45, 7) is 3.55. The highest BCUT2D eigenvalue weighted by atomic mass is 32.2. The summed E-state index contributed by atoms with van der Waals surface area (Å²) in [6, 6.07) is 6.24. The van der Waals surface area contributed by atoms with Crippen molar-refractivity contribution in [2.45, 2.75) is 93.5 Å². The van der Waals surface area contributed by atoms with Crippen LogP contribution in [0.4, 0.5) is 0 Å². The number of pyridine rings is 1. The number of nitrogens with one attached hydrogen (secondary N) is 4. The van der Waals surface area contributed by atoms with Gasteiger partial charge in [0.15, 0.2) is 0 Å². The number of hydrogen-bond acceptors (Lipinski definition) is 8. The van der Waals surface area contributed by atoms with Gasteiger partial charge in [0.25, 0.3) is 0 Å². The van der Waals surface area contributed by atoms with Crippen LogP contribution in [-0.4, -0.2) is 61.1 Å². The number of carbonyl (C=O) groups is 1. The Hall–Kier alpha value is -1.19. The lowest BCUT2D eigenvalue weighted by atomic mass is 9.89. The van der Waals surface area contributed by atoms with Crippen LogP contribution in [0.3, 0.4) is 0 Å². The van der Waals surface area contributed by atoms with Gasteiger partial charge in [0.1, 0.15) is 0 Å². The van der Waals surface area contributed by atoms with Gasteiger partial charge in [-0.2, -0.15) is 0 Å². The Bertz CT molecular complexity index is 701. The van der Waals surface area contributed by atoms with E-state index >= 15 is 0 Å². The second kappa shape index (κ2) is 12.3. The molecule has 1 aliphatic heterocycles. The number of fused-ring (bicyclic) bond motifs is 4. The first-order valence-corrected chi connectivity index (χ1v) is 13.3. The van der Waals surface area contributed by atoms with E-state index in [2.05, 4.69) is 33.4 Å². The molecule has 7 nitrogen and oxygen atoms in total. The predicted octanol–water partition coefficient (Wildman–Crippen LogP) is 2.34. The van der Waals surface area contributed by atoms with E-state index in [9.17, 15) is 4.79 Å². The summed E-state index contributed by atoms with van der Waals surface area (Å²) >= 11 is 1.53. The second-order valence-electron chi connectivity index (χ2n) is 9.32. The molecule has 0 aromatic carbocycles. The first-order chi connectivity index (χ1) is 15.7. The van der Waals surface area contributed by atoms with Crippen molar-refractivity contribution in [3.63, 3.8) is 0 Å². The number of aromatic nitrogens is 1. The molecule has 2 aliphatic carbocycles. The van der Waals surface area contributed by atoms with Gasteiger partial charge in [-0.25, -0.2) is 0 Å². The highest BCUT2D eigenvalue weighted by molar-refractivity contribution is 8.00. The van der Waals surface area contributed by atoms with E-state index in [1.54, 1.807) is 0 Å². The Morgan fingerprint density at radius 1 is 0.875 bits per heavy atom. The SMILES string of the molecule is COC(=O)CSc1cc2nc(c1)CN[C@@H]1CCCC[C@H]1NCCNC1CCCC[C@H]1NC2. The molecule has 0 amide bonds. The summed E-state index contributed by atoms with van der Waals surface area (Å²) in [5.41, 5.74) is 2.10. The molecular formula is C24H39N5O2S. The molecule has 2 fully saturated rings. The number of hydrogen-bond donors (Lipinski definition) is 4. The maximum absolute atomic E-state index is 11.7. The Morgan fingerprint density at radius 3 is 1.81 bits per heavy atom. The van der Waals surface area contributed by atoms with E-state index in [0.717, 1.165) is 42.5 Å². The Kier molecular flexibility index (Phi) is 9.22. The molecule has 1 unspecified atom stereocenters. The summed E-state index contributed by atoms with van der Waals surface area (Å²) < 4.78 is 4.83. The van der Waals surface area contributed by atoms with Crippen molar-refractivity contribution < 1.29 is 9.53 Å². The van der Waals surface area contributed by atoms with Crippen LogP contribution in [0.15, 0.2) is 17.0 Å². The molecule has 4 N–H and O–H groups in total. The molecule has 2 saturated carbocycles. The predicted molar refractivity (Wildman–Crippen MR) is 129 cm³/mol. The third-order valence-electron chi connectivity index (χ3n) is 7.05. The van der Waals surface area contributed by atoms with E-state index in [0.29, 0.717) is 29.9 Å². The number of carbonyl (C=O) groups excluding carboxylic acids is 1. The number of rotatable bonds is 3. The van der Waals surface area contributed by atoms with Gasteiger partial charge in [-0.15, -0.1) is 11.8 Å². The third kappa shape index (κ3) is 6.90. The molecule has 0 saturated heterocycles. The van der Waals surface area contributed by atoms with Crippen molar-refractivity contribution >= 4 is 17.7 Å². The van der Waals surface area contributed by atoms with Crippen molar-refractivity contribution in [1.82, 2.24) is 26.3 Å². The van der Waals surface area contributed by atoms with Crippen molar-refractivity contribution in [2.75, 3.05) is 26.0 Å². The normalized spacial score (nSPS) is 29.7. The molecule has 178 valence electrons. The first-order valence-electron chi connectivity index (χ1n) is 12.3. The minimum Gasteiger partial charge on any atom is -0.468 e. The smallest absolute Gasteiger partial charge is 0.315 e. The molecule has 1 aromatic heterocycles. The number of esters is 1. The van der Waals surface area contributed by atoms with Crippen LogP contribution in [0.5, 0.6) is 0 Å². The third-order valence-corrected chi connectivity index (χ3v) is 8.00. The standard InChI is InChI=1S/C24H39N5O2S/c1-31-24(30)16-32-19-12-17-14-27-22-8-4-2-6-20(22)25-10-11-26-21-7-3-5-9-23(21)28-15-18(13-19)29-17/h12-13,20-23,25-28H,2-11,14-16H2,1H3/t20-,21?,22-,23-/m1/s1. The quantitative estimate of drug-likeness (QED) is 0.403. The number of ether oxygens (including phenoxy) is 1. The van der Waals surface area contributed by atoms with Gasteiger partial charge in [0, 0.05) is 55.2 Å². The second-order valence-corrected chi connectivity index (χ2v) is 10.4. The van der Waals surface area contributed by atoms with Crippen LogP contribution in [0.2, 0.25) is 0 Å².